The molecular formula is C16H16ClFN2O2. The normalized spacial score (nSPS) is 11.6. The lowest BCUT2D eigenvalue weighted by Crippen LogP contribution is -2.06. The predicted octanol–water partition coefficient (Wildman–Crippen LogP) is 3.93. The van der Waals surface area contributed by atoms with E-state index in [2.05, 4.69) is 5.16 Å². The van der Waals surface area contributed by atoms with Gasteiger partial charge in [-0.1, -0.05) is 22.8 Å². The van der Waals surface area contributed by atoms with Crippen molar-refractivity contribution in [3.05, 3.63) is 46.6 Å². The highest BCUT2D eigenvalue weighted by atomic mass is 35.5. The quantitative estimate of drug-likeness (QED) is 0.800. The molecule has 0 spiro atoms. The van der Waals surface area contributed by atoms with Gasteiger partial charge < -0.3 is 9.42 Å². The fraction of sp³-hybridized carbons (Fsp3) is 0.250. The maximum Gasteiger partial charge on any atom is 0.175 e. The van der Waals surface area contributed by atoms with Gasteiger partial charge in [-0.25, -0.2) is 4.39 Å². The second kappa shape index (κ2) is 6.32. The highest BCUT2D eigenvalue weighted by molar-refractivity contribution is 6.33. The molecule has 0 aliphatic heterocycles. The zero-order chi connectivity index (χ0) is 16.4. The first-order valence-electron chi connectivity index (χ1n) is 6.63. The van der Waals surface area contributed by atoms with Gasteiger partial charge in [0.1, 0.15) is 11.5 Å². The highest BCUT2D eigenvalue weighted by Crippen LogP contribution is 2.35. The molecule has 1 aromatic carbocycles. The molecule has 22 heavy (non-hydrogen) atoms. The Morgan fingerprint density at radius 1 is 1.41 bits per heavy atom. The third-order valence-electron chi connectivity index (χ3n) is 3.13. The third-order valence-corrected chi connectivity index (χ3v) is 3.45. The minimum atomic E-state index is -0.489. The molecule has 4 nitrogen and oxygen atoms in total. The molecule has 0 bridgehead atoms. The molecule has 0 aliphatic carbocycles. The first kappa shape index (κ1) is 16.2. The predicted molar refractivity (Wildman–Crippen MR) is 84.0 cm³/mol. The van der Waals surface area contributed by atoms with Gasteiger partial charge in [0, 0.05) is 25.9 Å². The summed E-state index contributed by atoms with van der Waals surface area (Å²) in [7, 11) is 3.59. The van der Waals surface area contributed by atoms with Crippen molar-refractivity contribution in [2.75, 3.05) is 14.1 Å². The summed E-state index contributed by atoms with van der Waals surface area (Å²) in [5.41, 5.74) is 1.40. The number of benzene rings is 1. The van der Waals surface area contributed by atoms with Crippen molar-refractivity contribution in [1.29, 1.82) is 0 Å². The van der Waals surface area contributed by atoms with Gasteiger partial charge in [0.2, 0.25) is 0 Å². The number of hydrogen-bond donors (Lipinski definition) is 0. The molecule has 0 unspecified atom stereocenters. The van der Waals surface area contributed by atoms with Crippen LogP contribution in [0, 0.1) is 12.7 Å². The van der Waals surface area contributed by atoms with Crippen molar-refractivity contribution in [1.82, 2.24) is 10.1 Å². The molecule has 0 amide bonds. The van der Waals surface area contributed by atoms with Crippen LogP contribution in [0.3, 0.4) is 0 Å². The molecule has 0 N–H and O–H groups in total. The summed E-state index contributed by atoms with van der Waals surface area (Å²) in [5, 5.41) is 4.15. The van der Waals surface area contributed by atoms with Gasteiger partial charge in [0.15, 0.2) is 11.5 Å². The Balaban J connectivity index is 2.62. The van der Waals surface area contributed by atoms with E-state index in [0.29, 0.717) is 22.6 Å². The Bertz CT molecular complexity index is 730. The molecule has 2 rings (SSSR count). The lowest BCUT2D eigenvalue weighted by molar-refractivity contribution is -0.111. The second-order valence-corrected chi connectivity index (χ2v) is 5.55. The topological polar surface area (TPSA) is 46.3 Å². The van der Waals surface area contributed by atoms with Crippen molar-refractivity contribution in [2.24, 2.45) is 0 Å². The van der Waals surface area contributed by atoms with Crippen LogP contribution < -0.4 is 0 Å². The lowest BCUT2D eigenvalue weighted by Gasteiger charge is -2.08. The van der Waals surface area contributed by atoms with Crippen LogP contribution in [-0.2, 0) is 4.79 Å². The summed E-state index contributed by atoms with van der Waals surface area (Å²) in [6.45, 7) is 3.16. The van der Waals surface area contributed by atoms with Crippen LogP contribution in [0.4, 0.5) is 4.39 Å². The summed E-state index contributed by atoms with van der Waals surface area (Å²) >= 11 is 6.06. The number of nitrogens with zero attached hydrogens (tertiary/aromatic N) is 2. The van der Waals surface area contributed by atoms with Gasteiger partial charge in [0.25, 0.3) is 0 Å². The monoisotopic (exact) mass is 322 g/mol. The summed E-state index contributed by atoms with van der Waals surface area (Å²) in [6, 6.07) is 4.40. The van der Waals surface area contributed by atoms with E-state index >= 15 is 0 Å². The number of halogens is 2. The van der Waals surface area contributed by atoms with E-state index in [0.717, 1.165) is 0 Å². The van der Waals surface area contributed by atoms with Crippen molar-refractivity contribution >= 4 is 23.0 Å². The number of ketones is 1. The molecule has 116 valence electrons. The molecule has 0 saturated heterocycles. The molecule has 2 aromatic rings. The molecule has 0 radical (unpaired) electrons. The number of carbonyl (C=O) groups excluding carboxylic acids is 1. The molecule has 0 saturated carbocycles. The van der Waals surface area contributed by atoms with Gasteiger partial charge in [-0.2, -0.15) is 0 Å². The highest BCUT2D eigenvalue weighted by Gasteiger charge is 2.23. The molecule has 1 aromatic heterocycles. The van der Waals surface area contributed by atoms with E-state index in [-0.39, 0.29) is 16.4 Å². The Morgan fingerprint density at radius 3 is 2.64 bits per heavy atom. The van der Waals surface area contributed by atoms with Crippen LogP contribution in [-0.4, -0.2) is 29.9 Å². The lowest BCUT2D eigenvalue weighted by atomic mass is 10.0. The van der Waals surface area contributed by atoms with Crippen LogP contribution in [0.2, 0.25) is 5.02 Å². The Hall–Kier alpha value is -2.14. The first-order valence-corrected chi connectivity index (χ1v) is 7.01. The van der Waals surface area contributed by atoms with Crippen LogP contribution in [0.1, 0.15) is 18.2 Å². The summed E-state index contributed by atoms with van der Waals surface area (Å²) < 4.78 is 19.3. The van der Waals surface area contributed by atoms with Crippen LogP contribution in [0.15, 0.2) is 28.9 Å². The van der Waals surface area contributed by atoms with Crippen LogP contribution >= 0.6 is 11.6 Å². The van der Waals surface area contributed by atoms with Gasteiger partial charge in [0.05, 0.1) is 16.2 Å². The Kier molecular flexibility index (Phi) is 4.66. The second-order valence-electron chi connectivity index (χ2n) is 5.14. The zero-order valence-electron chi connectivity index (χ0n) is 12.8. The maximum absolute atomic E-state index is 14.0. The zero-order valence-corrected chi connectivity index (χ0v) is 13.5. The average molecular weight is 323 g/mol. The number of Topliss-reactive ketones (excluding diaryl/α,β-unsaturated/α-hetero) is 1. The first-order chi connectivity index (χ1) is 10.3. The SMILES string of the molecule is CC(=O)/C(=C\N(C)C)c1onc(-c2c(F)cccc2Cl)c1C. The molecule has 0 aliphatic rings. The van der Waals surface area contributed by atoms with Crippen molar-refractivity contribution < 1.29 is 13.7 Å². The van der Waals surface area contributed by atoms with Crippen LogP contribution in [0.5, 0.6) is 0 Å². The van der Waals surface area contributed by atoms with E-state index < -0.39 is 5.82 Å². The third kappa shape index (κ3) is 3.04. The Morgan fingerprint density at radius 2 is 2.09 bits per heavy atom. The standard InChI is InChI=1S/C16H16ClFN2O2/c1-9-15(14-12(17)6-5-7-13(14)18)19-22-16(9)11(10(2)21)8-20(3)4/h5-8H,1-4H3/b11-8+. The van der Waals surface area contributed by atoms with Gasteiger partial charge in [-0.3, -0.25) is 4.79 Å². The summed E-state index contributed by atoms with van der Waals surface area (Å²) in [6.07, 6.45) is 1.64. The van der Waals surface area contributed by atoms with Gasteiger partial charge >= 0.3 is 0 Å². The molecule has 0 fully saturated rings. The Labute approximate surface area is 133 Å². The molecule has 6 heteroatoms. The number of carbonyl (C=O) groups is 1. The fourth-order valence-electron chi connectivity index (χ4n) is 2.11. The van der Waals surface area contributed by atoms with E-state index in [1.807, 2.05) is 0 Å². The average Bonchev–Trinajstić information content (AvgIpc) is 2.77. The van der Waals surface area contributed by atoms with Gasteiger partial charge in [-0.05, 0) is 26.0 Å². The minimum absolute atomic E-state index is 0.167. The van der Waals surface area contributed by atoms with E-state index in [1.54, 1.807) is 38.2 Å². The number of hydrogen-bond acceptors (Lipinski definition) is 4. The van der Waals surface area contributed by atoms with Crippen LogP contribution in [0.25, 0.3) is 16.8 Å². The van der Waals surface area contributed by atoms with E-state index in [4.69, 9.17) is 16.1 Å². The number of allylic oxidation sites excluding steroid dienone is 1. The molecule has 1 heterocycles. The summed E-state index contributed by atoms with van der Waals surface area (Å²) in [4.78, 5) is 13.6. The molecular weight excluding hydrogens is 307 g/mol. The number of rotatable bonds is 4. The fourth-order valence-corrected chi connectivity index (χ4v) is 2.36. The van der Waals surface area contributed by atoms with E-state index in [1.165, 1.54) is 19.1 Å². The van der Waals surface area contributed by atoms with Gasteiger partial charge in [-0.15, -0.1) is 0 Å². The maximum atomic E-state index is 14.0. The van der Waals surface area contributed by atoms with Crippen molar-refractivity contribution in [2.45, 2.75) is 13.8 Å². The van der Waals surface area contributed by atoms with Crippen molar-refractivity contribution in [3.63, 3.8) is 0 Å². The smallest absolute Gasteiger partial charge is 0.175 e. The van der Waals surface area contributed by atoms with Crippen molar-refractivity contribution in [3.8, 4) is 11.3 Å². The molecule has 0 atom stereocenters. The largest absolute Gasteiger partial charge is 0.383 e. The number of aromatic nitrogens is 1. The van der Waals surface area contributed by atoms with E-state index in [9.17, 15) is 9.18 Å². The minimum Gasteiger partial charge on any atom is -0.383 e. The summed E-state index contributed by atoms with van der Waals surface area (Å²) in [5.74, 6) is -0.342.